The summed E-state index contributed by atoms with van der Waals surface area (Å²) < 4.78 is 13.3. The zero-order valence-corrected chi connectivity index (χ0v) is 20.6. The van der Waals surface area contributed by atoms with Gasteiger partial charge in [0, 0.05) is 16.8 Å². The minimum Gasteiger partial charge on any atom is -0.322 e. The van der Waals surface area contributed by atoms with Gasteiger partial charge in [-0.2, -0.15) is 0 Å². The largest absolute Gasteiger partial charge is 0.322 e. The molecule has 3 aromatic rings. The number of nitrogens with one attached hydrogen (secondary N) is 1. The zero-order chi connectivity index (χ0) is 23.6. The van der Waals surface area contributed by atoms with E-state index in [1.807, 2.05) is 24.3 Å². The summed E-state index contributed by atoms with van der Waals surface area (Å²) in [5.74, 6) is 0.199. The predicted octanol–water partition coefficient (Wildman–Crippen LogP) is 7.60. The van der Waals surface area contributed by atoms with Crippen molar-refractivity contribution in [3.8, 4) is 0 Å². The fraction of sp³-hybridized carbons (Fsp3) is 0.357. The van der Waals surface area contributed by atoms with E-state index in [-0.39, 0.29) is 17.1 Å². The molecule has 4 rings (SSSR count). The molecule has 172 valence electrons. The maximum absolute atomic E-state index is 13.5. The fourth-order valence-electron chi connectivity index (χ4n) is 4.45. The summed E-state index contributed by atoms with van der Waals surface area (Å²) in [6, 6.07) is 14.2. The van der Waals surface area contributed by atoms with Gasteiger partial charge in [0.1, 0.15) is 10.8 Å². The highest BCUT2D eigenvalue weighted by atomic mass is 32.1. The maximum atomic E-state index is 13.5. The van der Waals surface area contributed by atoms with Gasteiger partial charge in [0.05, 0.1) is 5.56 Å². The molecule has 0 fully saturated rings. The summed E-state index contributed by atoms with van der Waals surface area (Å²) in [6.45, 7) is 8.96. The van der Waals surface area contributed by atoms with Crippen LogP contribution in [-0.4, -0.2) is 12.1 Å². The fourth-order valence-corrected chi connectivity index (χ4v) is 5.72. The lowest BCUT2D eigenvalue weighted by atomic mass is 9.72. The van der Waals surface area contributed by atoms with Gasteiger partial charge in [-0.1, -0.05) is 58.0 Å². The number of aryl methyl sites for hydroxylation is 1. The van der Waals surface area contributed by atoms with Crippen molar-refractivity contribution >= 4 is 34.1 Å². The molecule has 1 aliphatic carbocycles. The van der Waals surface area contributed by atoms with Crippen LogP contribution in [-0.2, 0) is 19.3 Å². The summed E-state index contributed by atoms with van der Waals surface area (Å²) in [7, 11) is 0. The third kappa shape index (κ3) is 5.25. The van der Waals surface area contributed by atoms with Crippen molar-refractivity contribution in [3.05, 3.63) is 81.5 Å². The van der Waals surface area contributed by atoms with E-state index in [1.54, 1.807) is 29.7 Å². The Bertz CT molecular complexity index is 1170. The molecule has 2 aromatic carbocycles. The number of para-hydroxylation sites is 1. The quantitative estimate of drug-likeness (QED) is 0.390. The van der Waals surface area contributed by atoms with Gasteiger partial charge >= 0.3 is 0 Å². The number of anilines is 1. The lowest BCUT2D eigenvalue weighted by Crippen LogP contribution is -2.27. The number of halogens is 1. The van der Waals surface area contributed by atoms with Crippen molar-refractivity contribution in [2.75, 3.05) is 5.32 Å². The lowest BCUT2D eigenvalue weighted by molar-refractivity contribution is 0.102. The monoisotopic (exact) mass is 462 g/mol. The van der Waals surface area contributed by atoms with Crippen molar-refractivity contribution in [1.29, 1.82) is 0 Å². The van der Waals surface area contributed by atoms with Crippen molar-refractivity contribution in [3.63, 3.8) is 0 Å². The molecule has 0 radical (unpaired) electrons. The first-order chi connectivity index (χ1) is 15.8. The smallest absolute Gasteiger partial charge is 0.259 e. The van der Waals surface area contributed by atoms with E-state index >= 15 is 0 Å². The Morgan fingerprint density at radius 1 is 1.18 bits per heavy atom. The zero-order valence-electron chi connectivity index (χ0n) is 19.7. The SMILES string of the molecule is CCc1ccccc1NC(=O)c1c(N=Cc2ccc(F)cc2)sc2c1CC[C@H](C(C)(C)C)C2. The number of carbonyl (C=O) groups is 1. The number of hydrogen-bond acceptors (Lipinski definition) is 3. The number of hydrogen-bond donors (Lipinski definition) is 1. The Morgan fingerprint density at radius 3 is 2.61 bits per heavy atom. The summed E-state index contributed by atoms with van der Waals surface area (Å²) in [6.07, 6.45) is 5.50. The maximum Gasteiger partial charge on any atom is 0.259 e. The number of nitrogens with zero attached hydrogens (tertiary/aromatic N) is 1. The normalized spacial score (nSPS) is 16.1. The molecule has 0 spiro atoms. The third-order valence-electron chi connectivity index (χ3n) is 6.55. The molecule has 0 aliphatic heterocycles. The molecule has 1 N–H and O–H groups in total. The average molecular weight is 463 g/mol. The van der Waals surface area contributed by atoms with E-state index in [4.69, 9.17) is 4.99 Å². The number of rotatable bonds is 5. The molecule has 1 aliphatic rings. The van der Waals surface area contributed by atoms with Crippen molar-refractivity contribution in [2.45, 2.75) is 53.4 Å². The number of amides is 1. The third-order valence-corrected chi connectivity index (χ3v) is 7.71. The van der Waals surface area contributed by atoms with Crippen LogP contribution in [0.2, 0.25) is 0 Å². The van der Waals surface area contributed by atoms with E-state index in [0.717, 1.165) is 53.1 Å². The van der Waals surface area contributed by atoms with Crippen LogP contribution in [0, 0.1) is 17.2 Å². The van der Waals surface area contributed by atoms with Crippen LogP contribution in [0.1, 0.15) is 66.0 Å². The molecule has 3 nitrogen and oxygen atoms in total. The number of thiophene rings is 1. The standard InChI is InChI=1S/C28H31FN2OS/c1-5-19-8-6-7-9-23(19)31-26(32)25-22-15-12-20(28(2,3)4)16-24(22)33-27(25)30-17-18-10-13-21(29)14-11-18/h6-11,13-14,17,20H,5,12,15-16H2,1-4H3,(H,31,32)/t20-/m0/s1. The second kappa shape index (κ2) is 9.60. The molecule has 0 unspecified atom stereocenters. The summed E-state index contributed by atoms with van der Waals surface area (Å²) in [4.78, 5) is 19.5. The molecule has 0 saturated carbocycles. The Morgan fingerprint density at radius 2 is 1.91 bits per heavy atom. The van der Waals surface area contributed by atoms with Crippen LogP contribution in [0.25, 0.3) is 0 Å². The van der Waals surface area contributed by atoms with E-state index in [0.29, 0.717) is 11.5 Å². The van der Waals surface area contributed by atoms with Gasteiger partial charge in [-0.15, -0.1) is 11.3 Å². The van der Waals surface area contributed by atoms with Crippen LogP contribution < -0.4 is 5.32 Å². The lowest BCUT2D eigenvalue weighted by Gasteiger charge is -2.33. The molecule has 1 amide bonds. The number of carbonyl (C=O) groups excluding carboxylic acids is 1. The Balaban J connectivity index is 1.71. The van der Waals surface area contributed by atoms with Gasteiger partial charge in [-0.3, -0.25) is 4.79 Å². The molecular formula is C28H31FN2OS. The topological polar surface area (TPSA) is 41.5 Å². The molecule has 5 heteroatoms. The second-order valence-corrected chi connectivity index (χ2v) is 10.8. The molecule has 1 atom stereocenters. The highest BCUT2D eigenvalue weighted by molar-refractivity contribution is 7.16. The van der Waals surface area contributed by atoms with Gasteiger partial charge in [-0.05, 0) is 71.9 Å². The minimum absolute atomic E-state index is 0.103. The van der Waals surface area contributed by atoms with E-state index in [2.05, 4.69) is 33.0 Å². The van der Waals surface area contributed by atoms with Gasteiger partial charge in [0.25, 0.3) is 5.91 Å². The highest BCUT2D eigenvalue weighted by Gasteiger charge is 2.33. The molecule has 0 saturated heterocycles. The Hall–Kier alpha value is -2.79. The molecule has 1 aromatic heterocycles. The number of fused-ring (bicyclic) bond motifs is 1. The van der Waals surface area contributed by atoms with Crippen molar-refractivity contribution in [1.82, 2.24) is 0 Å². The summed E-state index contributed by atoms with van der Waals surface area (Å²) >= 11 is 1.62. The number of benzene rings is 2. The Kier molecular flexibility index (Phi) is 6.80. The van der Waals surface area contributed by atoms with Crippen LogP contribution in [0.5, 0.6) is 0 Å². The van der Waals surface area contributed by atoms with Crippen molar-refractivity contribution in [2.24, 2.45) is 16.3 Å². The van der Waals surface area contributed by atoms with Gasteiger partial charge < -0.3 is 5.32 Å². The van der Waals surface area contributed by atoms with E-state index < -0.39 is 0 Å². The summed E-state index contributed by atoms with van der Waals surface area (Å²) in [5, 5.41) is 3.87. The van der Waals surface area contributed by atoms with E-state index in [9.17, 15) is 9.18 Å². The number of aliphatic imine (C=N–C) groups is 1. The van der Waals surface area contributed by atoms with Gasteiger partial charge in [0.2, 0.25) is 0 Å². The first-order valence-corrected chi connectivity index (χ1v) is 12.4. The summed E-state index contributed by atoms with van der Waals surface area (Å²) in [5.41, 5.74) is 4.81. The van der Waals surface area contributed by atoms with Crippen LogP contribution in [0.4, 0.5) is 15.1 Å². The molecular weight excluding hydrogens is 431 g/mol. The van der Waals surface area contributed by atoms with E-state index in [1.165, 1.54) is 17.0 Å². The Labute approximate surface area is 199 Å². The predicted molar refractivity (Wildman–Crippen MR) is 137 cm³/mol. The molecule has 1 heterocycles. The van der Waals surface area contributed by atoms with Gasteiger partial charge in [0.15, 0.2) is 0 Å². The first kappa shape index (κ1) is 23.4. The molecule has 33 heavy (non-hydrogen) atoms. The van der Waals surface area contributed by atoms with Gasteiger partial charge in [-0.25, -0.2) is 9.38 Å². The van der Waals surface area contributed by atoms with Crippen LogP contribution >= 0.6 is 11.3 Å². The molecule has 0 bridgehead atoms. The van der Waals surface area contributed by atoms with Crippen molar-refractivity contribution < 1.29 is 9.18 Å². The first-order valence-electron chi connectivity index (χ1n) is 11.6. The van der Waals surface area contributed by atoms with Crippen LogP contribution in [0.3, 0.4) is 0 Å². The highest BCUT2D eigenvalue weighted by Crippen LogP contribution is 2.45. The van der Waals surface area contributed by atoms with Crippen LogP contribution in [0.15, 0.2) is 53.5 Å². The minimum atomic E-state index is -0.276. The second-order valence-electron chi connectivity index (χ2n) is 9.76. The average Bonchev–Trinajstić information content (AvgIpc) is 3.16.